The number of carbonyl (C=O) groups excluding carboxylic acids is 1. The lowest BCUT2D eigenvalue weighted by molar-refractivity contribution is -0.137. The Balaban J connectivity index is 1.77. The van der Waals surface area contributed by atoms with E-state index in [2.05, 4.69) is 5.10 Å². The minimum Gasteiger partial charge on any atom is -0.273 e. The van der Waals surface area contributed by atoms with Crippen LogP contribution in [-0.4, -0.2) is 20.8 Å². The van der Waals surface area contributed by atoms with Gasteiger partial charge in [0.1, 0.15) is 9.91 Å². The molecular formula is C19H16ClF3N2OS. The number of carbonyl (C=O) groups is 1. The number of thioether (sulfide) groups is 1. The summed E-state index contributed by atoms with van der Waals surface area (Å²) < 4.78 is 38.0. The van der Waals surface area contributed by atoms with Crippen LogP contribution in [0.1, 0.15) is 30.5 Å². The minimum absolute atomic E-state index is 0.0282. The maximum absolute atomic E-state index is 12.7. The zero-order valence-electron chi connectivity index (χ0n) is 14.5. The van der Waals surface area contributed by atoms with Gasteiger partial charge in [-0.2, -0.15) is 18.3 Å². The van der Waals surface area contributed by atoms with Crippen molar-refractivity contribution in [2.75, 3.05) is 0 Å². The van der Waals surface area contributed by atoms with Crippen LogP contribution in [0.15, 0.2) is 53.6 Å². The van der Waals surface area contributed by atoms with E-state index in [1.165, 1.54) is 28.9 Å². The van der Waals surface area contributed by atoms with Crippen LogP contribution in [0.2, 0.25) is 5.02 Å². The lowest BCUT2D eigenvalue weighted by Crippen LogP contribution is -2.39. The van der Waals surface area contributed by atoms with Gasteiger partial charge in [-0.05, 0) is 43.7 Å². The highest BCUT2D eigenvalue weighted by molar-refractivity contribution is 8.15. The van der Waals surface area contributed by atoms with Crippen molar-refractivity contribution in [3.05, 3.63) is 70.2 Å². The molecule has 0 radical (unpaired) electrons. The minimum atomic E-state index is -4.39. The van der Waals surface area contributed by atoms with Gasteiger partial charge in [-0.15, -0.1) is 0 Å². The molecule has 0 aliphatic carbocycles. The number of amides is 1. The van der Waals surface area contributed by atoms with Crippen molar-refractivity contribution in [1.29, 1.82) is 0 Å². The van der Waals surface area contributed by atoms with Crippen LogP contribution in [0.4, 0.5) is 13.2 Å². The molecule has 142 valence electrons. The molecule has 0 saturated carbocycles. The fourth-order valence-corrected chi connectivity index (χ4v) is 3.84. The average molecular weight is 413 g/mol. The molecule has 1 aliphatic heterocycles. The fraction of sp³-hybridized carbons (Fsp3) is 0.263. The Labute approximate surface area is 164 Å². The second-order valence-corrected chi connectivity index (χ2v) is 8.56. The predicted octanol–water partition coefficient (Wildman–Crippen LogP) is 5.57. The molecule has 0 unspecified atom stereocenters. The van der Waals surface area contributed by atoms with E-state index in [9.17, 15) is 18.0 Å². The Morgan fingerprint density at radius 2 is 1.70 bits per heavy atom. The van der Waals surface area contributed by atoms with Crippen LogP contribution < -0.4 is 0 Å². The Morgan fingerprint density at radius 1 is 1.11 bits per heavy atom. The van der Waals surface area contributed by atoms with Crippen LogP contribution in [-0.2, 0) is 17.4 Å². The summed E-state index contributed by atoms with van der Waals surface area (Å²) in [5.41, 5.74) is 0.616. The van der Waals surface area contributed by atoms with Gasteiger partial charge >= 0.3 is 6.18 Å². The summed E-state index contributed by atoms with van der Waals surface area (Å²) in [7, 11) is 0. The number of halogens is 4. The summed E-state index contributed by atoms with van der Waals surface area (Å²) in [6.45, 7) is 3.74. The van der Waals surface area contributed by atoms with Crippen molar-refractivity contribution in [2.45, 2.75) is 31.3 Å². The van der Waals surface area contributed by atoms with Gasteiger partial charge in [0.2, 0.25) is 5.91 Å². The van der Waals surface area contributed by atoms with Crippen LogP contribution in [0, 0.1) is 0 Å². The molecule has 1 heterocycles. The topological polar surface area (TPSA) is 32.7 Å². The smallest absolute Gasteiger partial charge is 0.273 e. The Kier molecular flexibility index (Phi) is 5.27. The van der Waals surface area contributed by atoms with Crippen molar-refractivity contribution in [2.24, 2.45) is 5.10 Å². The molecule has 3 nitrogen and oxygen atoms in total. The third-order valence-electron chi connectivity index (χ3n) is 4.01. The molecule has 27 heavy (non-hydrogen) atoms. The molecule has 2 aromatic carbocycles. The van der Waals surface area contributed by atoms with E-state index in [4.69, 9.17) is 11.6 Å². The van der Waals surface area contributed by atoms with Crippen molar-refractivity contribution in [3.8, 4) is 0 Å². The Bertz CT molecular complexity index is 877. The number of nitrogens with zero attached hydrogens (tertiary/aromatic N) is 2. The molecule has 8 heteroatoms. The Hall–Kier alpha value is -1.99. The van der Waals surface area contributed by atoms with Gasteiger partial charge in [0, 0.05) is 10.6 Å². The first-order chi connectivity index (χ1) is 12.6. The highest BCUT2D eigenvalue weighted by Gasteiger charge is 2.39. The first-order valence-electron chi connectivity index (χ1n) is 8.09. The summed E-state index contributed by atoms with van der Waals surface area (Å²) in [6, 6.07) is 11.8. The molecule has 1 aliphatic rings. The quantitative estimate of drug-likeness (QED) is 0.659. The second-order valence-electron chi connectivity index (χ2n) is 6.54. The highest BCUT2D eigenvalue weighted by Crippen LogP contribution is 2.39. The summed E-state index contributed by atoms with van der Waals surface area (Å²) in [6.07, 6.45) is -4.42. The lowest BCUT2D eigenvalue weighted by atomic mass is 10.1. The maximum atomic E-state index is 12.7. The summed E-state index contributed by atoms with van der Waals surface area (Å²) in [5.74, 6) is -0.281. The second kappa shape index (κ2) is 7.20. The van der Waals surface area contributed by atoms with Crippen LogP contribution >= 0.6 is 23.4 Å². The standard InChI is InChI=1S/C19H16ClF3N2OS/c1-18(2)25(24-17(27-18)13-5-9-15(20)10-6-13)16(26)11-12-3-7-14(8-4-12)19(21,22)23/h3-10H,11H2,1-2H3. The molecule has 0 spiro atoms. The molecule has 0 N–H and O–H groups in total. The van der Waals surface area contributed by atoms with Gasteiger partial charge < -0.3 is 0 Å². The lowest BCUT2D eigenvalue weighted by Gasteiger charge is -2.27. The number of rotatable bonds is 3. The van der Waals surface area contributed by atoms with Crippen LogP contribution in [0.3, 0.4) is 0 Å². The molecule has 0 fully saturated rings. The molecule has 0 atom stereocenters. The van der Waals surface area contributed by atoms with Gasteiger partial charge in [-0.3, -0.25) is 4.79 Å². The van der Waals surface area contributed by atoms with E-state index in [0.29, 0.717) is 15.6 Å². The van der Waals surface area contributed by atoms with Gasteiger partial charge in [-0.25, -0.2) is 5.01 Å². The summed E-state index contributed by atoms with van der Waals surface area (Å²) in [4.78, 5) is 12.1. The molecule has 1 amide bonds. The average Bonchev–Trinajstić information content (AvgIpc) is 2.90. The van der Waals surface area contributed by atoms with Crippen molar-refractivity contribution >= 4 is 34.3 Å². The van der Waals surface area contributed by atoms with Gasteiger partial charge in [0.25, 0.3) is 0 Å². The third kappa shape index (κ3) is 4.47. The number of alkyl halides is 3. The molecule has 0 saturated heterocycles. The predicted molar refractivity (Wildman–Crippen MR) is 102 cm³/mol. The van der Waals surface area contributed by atoms with Crippen LogP contribution in [0.5, 0.6) is 0 Å². The van der Waals surface area contributed by atoms with Crippen molar-refractivity contribution in [3.63, 3.8) is 0 Å². The van der Waals surface area contributed by atoms with E-state index in [-0.39, 0.29) is 12.3 Å². The highest BCUT2D eigenvalue weighted by atomic mass is 35.5. The third-order valence-corrected chi connectivity index (χ3v) is 5.45. The molecular weight excluding hydrogens is 397 g/mol. The van der Waals surface area contributed by atoms with E-state index in [1.807, 2.05) is 26.0 Å². The molecule has 3 rings (SSSR count). The molecule has 0 aromatic heterocycles. The van der Waals surface area contributed by atoms with E-state index < -0.39 is 16.6 Å². The van der Waals surface area contributed by atoms with Gasteiger partial charge in [-0.1, -0.05) is 47.6 Å². The molecule has 2 aromatic rings. The maximum Gasteiger partial charge on any atom is 0.416 e. The first kappa shape index (κ1) is 19.8. The van der Waals surface area contributed by atoms with Crippen molar-refractivity contribution < 1.29 is 18.0 Å². The largest absolute Gasteiger partial charge is 0.416 e. The fourth-order valence-electron chi connectivity index (χ4n) is 2.64. The summed E-state index contributed by atoms with van der Waals surface area (Å²) >= 11 is 7.34. The van der Waals surface area contributed by atoms with Crippen LogP contribution in [0.25, 0.3) is 0 Å². The zero-order valence-corrected chi connectivity index (χ0v) is 16.1. The Morgan fingerprint density at radius 3 is 2.26 bits per heavy atom. The molecule has 0 bridgehead atoms. The van der Waals surface area contributed by atoms with E-state index in [0.717, 1.165) is 17.7 Å². The number of hydrogen-bond acceptors (Lipinski definition) is 3. The van der Waals surface area contributed by atoms with Gasteiger partial charge in [0.15, 0.2) is 0 Å². The summed E-state index contributed by atoms with van der Waals surface area (Å²) in [5, 5.41) is 7.12. The number of hydrazone groups is 1. The first-order valence-corrected chi connectivity index (χ1v) is 9.28. The normalized spacial score (nSPS) is 16.4. The van der Waals surface area contributed by atoms with Crippen molar-refractivity contribution in [1.82, 2.24) is 5.01 Å². The number of hydrogen-bond donors (Lipinski definition) is 0. The van der Waals surface area contributed by atoms with E-state index in [1.54, 1.807) is 12.1 Å². The monoisotopic (exact) mass is 412 g/mol. The van der Waals surface area contributed by atoms with Gasteiger partial charge in [0.05, 0.1) is 12.0 Å². The van der Waals surface area contributed by atoms with E-state index >= 15 is 0 Å². The SMILES string of the molecule is CC1(C)SC(c2ccc(Cl)cc2)=NN1C(=O)Cc1ccc(C(F)(F)F)cc1. The zero-order chi connectivity index (χ0) is 19.8. The number of benzene rings is 2.